The van der Waals surface area contributed by atoms with Crippen LogP contribution in [0.15, 0.2) is 6.20 Å². The van der Waals surface area contributed by atoms with E-state index in [1.54, 1.807) is 29.7 Å². The number of aryl methyl sites for hydroxylation is 2. The Morgan fingerprint density at radius 2 is 2.16 bits per heavy atom. The first-order valence-electron chi connectivity index (χ1n) is 6.43. The van der Waals surface area contributed by atoms with E-state index in [1.807, 2.05) is 0 Å². The Labute approximate surface area is 112 Å². The van der Waals surface area contributed by atoms with E-state index in [0.29, 0.717) is 24.2 Å². The third-order valence-electron chi connectivity index (χ3n) is 3.48. The predicted octanol–water partition coefficient (Wildman–Crippen LogP) is 0.896. The van der Waals surface area contributed by atoms with Crippen molar-refractivity contribution in [1.29, 1.82) is 0 Å². The number of esters is 1. The largest absolute Gasteiger partial charge is 0.467 e. The zero-order chi connectivity index (χ0) is 14.0. The molecule has 1 fully saturated rings. The van der Waals surface area contributed by atoms with Crippen LogP contribution in [0, 0.1) is 6.92 Å². The summed E-state index contributed by atoms with van der Waals surface area (Å²) in [6.45, 7) is 2.39. The fourth-order valence-corrected chi connectivity index (χ4v) is 2.52. The molecule has 2 rings (SSSR count). The molecule has 1 saturated heterocycles. The van der Waals surface area contributed by atoms with Gasteiger partial charge in [-0.15, -0.1) is 0 Å². The number of carbonyl (C=O) groups excluding carboxylic acids is 2. The van der Waals surface area contributed by atoms with Crippen molar-refractivity contribution >= 4 is 11.9 Å². The van der Waals surface area contributed by atoms with Gasteiger partial charge in [-0.25, -0.2) is 4.79 Å². The molecule has 1 atom stereocenters. The van der Waals surface area contributed by atoms with Gasteiger partial charge in [0, 0.05) is 19.8 Å². The van der Waals surface area contributed by atoms with Gasteiger partial charge in [0.15, 0.2) is 0 Å². The molecule has 1 aromatic heterocycles. The standard InChI is InChI=1S/C13H19N3O3/c1-9-10(8-15(2)14-9)12(17)16-7-5-4-6-11(16)13(18)19-3/h8,11H,4-7H2,1-3H3/t11-/m1/s1. The number of likely N-dealkylation sites (tertiary alicyclic amines) is 1. The van der Waals surface area contributed by atoms with Gasteiger partial charge >= 0.3 is 5.97 Å². The Kier molecular flexibility index (Phi) is 3.87. The second kappa shape index (κ2) is 5.42. The van der Waals surface area contributed by atoms with Crippen LogP contribution in [0.3, 0.4) is 0 Å². The normalized spacial score (nSPS) is 19.3. The molecule has 6 heteroatoms. The van der Waals surface area contributed by atoms with Gasteiger partial charge in [0.25, 0.3) is 5.91 Å². The highest BCUT2D eigenvalue weighted by Crippen LogP contribution is 2.21. The number of nitrogens with zero attached hydrogens (tertiary/aromatic N) is 3. The molecule has 1 aromatic rings. The average molecular weight is 265 g/mol. The molecule has 0 aromatic carbocycles. The quantitative estimate of drug-likeness (QED) is 0.745. The molecule has 0 unspecified atom stereocenters. The summed E-state index contributed by atoms with van der Waals surface area (Å²) in [5.74, 6) is -0.477. The van der Waals surface area contributed by atoms with Crippen molar-refractivity contribution < 1.29 is 14.3 Å². The van der Waals surface area contributed by atoms with Gasteiger partial charge in [0.2, 0.25) is 0 Å². The second-order valence-electron chi connectivity index (χ2n) is 4.84. The highest BCUT2D eigenvalue weighted by atomic mass is 16.5. The molecule has 6 nitrogen and oxygen atoms in total. The van der Waals surface area contributed by atoms with Crippen molar-refractivity contribution in [3.8, 4) is 0 Å². The van der Waals surface area contributed by atoms with Crippen LogP contribution in [-0.2, 0) is 16.6 Å². The minimum Gasteiger partial charge on any atom is -0.467 e. The van der Waals surface area contributed by atoms with E-state index in [4.69, 9.17) is 4.74 Å². The first-order valence-corrected chi connectivity index (χ1v) is 6.43. The minimum atomic E-state index is -0.467. The monoisotopic (exact) mass is 265 g/mol. The number of hydrogen-bond donors (Lipinski definition) is 0. The van der Waals surface area contributed by atoms with E-state index in [-0.39, 0.29) is 11.9 Å². The first-order chi connectivity index (χ1) is 9.04. The van der Waals surface area contributed by atoms with E-state index in [0.717, 1.165) is 12.8 Å². The van der Waals surface area contributed by atoms with E-state index in [9.17, 15) is 9.59 Å². The average Bonchev–Trinajstić information content (AvgIpc) is 2.76. The van der Waals surface area contributed by atoms with Crippen LogP contribution < -0.4 is 0 Å². The number of amides is 1. The van der Waals surface area contributed by atoms with Crippen LogP contribution in [0.4, 0.5) is 0 Å². The number of ether oxygens (including phenoxy) is 1. The summed E-state index contributed by atoms with van der Waals surface area (Å²) in [5.41, 5.74) is 1.24. The van der Waals surface area contributed by atoms with Crippen LogP contribution in [0.25, 0.3) is 0 Å². The zero-order valence-electron chi connectivity index (χ0n) is 11.5. The molecule has 1 amide bonds. The molecule has 0 aliphatic carbocycles. The molecule has 0 bridgehead atoms. The smallest absolute Gasteiger partial charge is 0.328 e. The second-order valence-corrected chi connectivity index (χ2v) is 4.84. The summed E-state index contributed by atoms with van der Waals surface area (Å²) in [7, 11) is 3.13. The van der Waals surface area contributed by atoms with Crippen molar-refractivity contribution in [2.24, 2.45) is 7.05 Å². The maximum atomic E-state index is 12.5. The molecule has 0 saturated carbocycles. The van der Waals surface area contributed by atoms with Crippen LogP contribution in [-0.4, -0.2) is 46.3 Å². The number of piperidine rings is 1. The van der Waals surface area contributed by atoms with Crippen LogP contribution in [0.1, 0.15) is 35.3 Å². The topological polar surface area (TPSA) is 64.4 Å². The van der Waals surface area contributed by atoms with Crippen molar-refractivity contribution in [2.45, 2.75) is 32.2 Å². The Morgan fingerprint density at radius 1 is 1.42 bits per heavy atom. The van der Waals surface area contributed by atoms with Crippen molar-refractivity contribution in [3.63, 3.8) is 0 Å². The lowest BCUT2D eigenvalue weighted by molar-refractivity contribution is -0.147. The third kappa shape index (κ3) is 2.62. The van der Waals surface area contributed by atoms with Crippen LogP contribution in [0.5, 0.6) is 0 Å². The summed E-state index contributed by atoms with van der Waals surface area (Å²) >= 11 is 0. The number of methoxy groups -OCH3 is 1. The summed E-state index contributed by atoms with van der Waals surface area (Å²) < 4.78 is 6.40. The number of hydrogen-bond acceptors (Lipinski definition) is 4. The lowest BCUT2D eigenvalue weighted by Gasteiger charge is -2.33. The summed E-state index contributed by atoms with van der Waals surface area (Å²) in [5, 5.41) is 4.17. The summed E-state index contributed by atoms with van der Waals surface area (Å²) in [4.78, 5) is 25.9. The number of carbonyl (C=O) groups is 2. The molecule has 0 spiro atoms. The third-order valence-corrected chi connectivity index (χ3v) is 3.48. The Morgan fingerprint density at radius 3 is 2.74 bits per heavy atom. The Balaban J connectivity index is 2.25. The maximum absolute atomic E-state index is 12.5. The van der Waals surface area contributed by atoms with Crippen LogP contribution >= 0.6 is 0 Å². The highest BCUT2D eigenvalue weighted by Gasteiger charge is 2.34. The lowest BCUT2D eigenvalue weighted by atomic mass is 10.0. The summed E-state index contributed by atoms with van der Waals surface area (Å²) in [6, 6.07) is -0.467. The van der Waals surface area contributed by atoms with Gasteiger partial charge < -0.3 is 9.64 Å². The van der Waals surface area contributed by atoms with Gasteiger partial charge in [-0.1, -0.05) is 0 Å². The van der Waals surface area contributed by atoms with Gasteiger partial charge in [0.05, 0.1) is 18.4 Å². The Bertz CT molecular complexity index is 495. The maximum Gasteiger partial charge on any atom is 0.328 e. The van der Waals surface area contributed by atoms with E-state index in [1.165, 1.54) is 7.11 Å². The van der Waals surface area contributed by atoms with Crippen LogP contribution in [0.2, 0.25) is 0 Å². The molecular weight excluding hydrogens is 246 g/mol. The van der Waals surface area contributed by atoms with Gasteiger partial charge in [-0.05, 0) is 26.2 Å². The lowest BCUT2D eigenvalue weighted by Crippen LogP contribution is -2.48. The Hall–Kier alpha value is -1.85. The summed E-state index contributed by atoms with van der Waals surface area (Å²) in [6.07, 6.45) is 4.21. The predicted molar refractivity (Wildman–Crippen MR) is 68.6 cm³/mol. The molecule has 1 aliphatic rings. The minimum absolute atomic E-state index is 0.138. The first kappa shape index (κ1) is 13.6. The highest BCUT2D eigenvalue weighted by molar-refractivity contribution is 5.97. The van der Waals surface area contributed by atoms with Crippen molar-refractivity contribution in [1.82, 2.24) is 14.7 Å². The van der Waals surface area contributed by atoms with E-state index in [2.05, 4.69) is 5.10 Å². The molecular formula is C13H19N3O3. The molecule has 0 N–H and O–H groups in total. The number of aromatic nitrogens is 2. The molecule has 1 aliphatic heterocycles. The molecule has 0 radical (unpaired) electrons. The molecule has 2 heterocycles. The molecule has 104 valence electrons. The fraction of sp³-hybridized carbons (Fsp3) is 0.615. The fourth-order valence-electron chi connectivity index (χ4n) is 2.52. The zero-order valence-corrected chi connectivity index (χ0v) is 11.5. The van der Waals surface area contributed by atoms with Crippen molar-refractivity contribution in [3.05, 3.63) is 17.5 Å². The molecule has 19 heavy (non-hydrogen) atoms. The van der Waals surface area contributed by atoms with Gasteiger partial charge in [-0.3, -0.25) is 9.48 Å². The SMILES string of the molecule is COC(=O)[C@H]1CCCCN1C(=O)c1cn(C)nc1C. The van der Waals surface area contributed by atoms with E-state index >= 15 is 0 Å². The number of rotatable bonds is 2. The van der Waals surface area contributed by atoms with Crippen molar-refractivity contribution in [2.75, 3.05) is 13.7 Å². The van der Waals surface area contributed by atoms with Gasteiger partial charge in [0.1, 0.15) is 6.04 Å². The van der Waals surface area contributed by atoms with Gasteiger partial charge in [-0.2, -0.15) is 5.10 Å². The van der Waals surface area contributed by atoms with E-state index < -0.39 is 6.04 Å².